The second kappa shape index (κ2) is 3.06. The Bertz CT molecular complexity index is 217. The van der Waals surface area contributed by atoms with Crippen LogP contribution >= 0.6 is 0 Å². The summed E-state index contributed by atoms with van der Waals surface area (Å²) in [6.07, 6.45) is -0.482. The van der Waals surface area contributed by atoms with Gasteiger partial charge < -0.3 is 9.47 Å². The maximum atomic E-state index is 10.6. The minimum absolute atomic E-state index is 0.240. The molecule has 2 unspecified atom stereocenters. The third kappa shape index (κ3) is 2.41. The molecule has 1 saturated heterocycles. The second-order valence-corrected chi connectivity index (χ2v) is 3.71. The van der Waals surface area contributed by atoms with Gasteiger partial charge in [0, 0.05) is 6.61 Å². The monoisotopic (exact) mass is 182 g/mol. The fourth-order valence-corrected chi connectivity index (χ4v) is 1.61. The Kier molecular flexibility index (Phi) is 2.48. The Hall–Kier alpha value is -0.170. The van der Waals surface area contributed by atoms with Gasteiger partial charge in [0.2, 0.25) is 5.44 Å². The van der Waals surface area contributed by atoms with E-state index >= 15 is 0 Å². The summed E-state index contributed by atoms with van der Waals surface area (Å²) in [5, 5.41) is 0. The normalized spacial score (nSPS) is 26.5. The van der Waals surface area contributed by atoms with E-state index in [-0.39, 0.29) is 6.61 Å². The van der Waals surface area contributed by atoms with Crippen molar-refractivity contribution < 1.29 is 22.4 Å². The Labute approximate surface area is 65.0 Å². The van der Waals surface area contributed by atoms with Gasteiger partial charge in [0.05, 0.1) is 6.61 Å². The SMILES string of the molecule is CCOC(C1CO1)S(=O)(=O)O. The summed E-state index contributed by atoms with van der Waals surface area (Å²) in [4.78, 5) is 0. The highest BCUT2D eigenvalue weighted by Crippen LogP contribution is 2.20. The quantitative estimate of drug-likeness (QED) is 0.474. The first kappa shape index (κ1) is 8.92. The Morgan fingerprint density at radius 3 is 2.64 bits per heavy atom. The van der Waals surface area contributed by atoms with Gasteiger partial charge in [0.25, 0.3) is 10.1 Å². The molecule has 0 bridgehead atoms. The molecule has 2 atom stereocenters. The van der Waals surface area contributed by atoms with Gasteiger partial charge >= 0.3 is 0 Å². The molecule has 1 aliphatic heterocycles. The number of epoxide rings is 1. The molecule has 0 aliphatic carbocycles. The largest absolute Gasteiger partial charge is 0.369 e. The zero-order chi connectivity index (χ0) is 8.48. The molecule has 5 nitrogen and oxygen atoms in total. The van der Waals surface area contributed by atoms with E-state index in [1.807, 2.05) is 0 Å². The number of rotatable bonds is 4. The molecule has 66 valence electrons. The molecule has 0 aromatic carbocycles. The zero-order valence-electron chi connectivity index (χ0n) is 6.06. The molecular weight excluding hydrogens is 172 g/mol. The highest BCUT2D eigenvalue weighted by molar-refractivity contribution is 7.86. The Morgan fingerprint density at radius 2 is 2.36 bits per heavy atom. The van der Waals surface area contributed by atoms with E-state index in [1.54, 1.807) is 6.92 Å². The molecule has 1 heterocycles. The predicted molar refractivity (Wildman–Crippen MR) is 36.7 cm³/mol. The number of hydrogen-bond acceptors (Lipinski definition) is 4. The van der Waals surface area contributed by atoms with Crippen molar-refractivity contribution in [2.24, 2.45) is 0 Å². The third-order valence-electron chi connectivity index (χ3n) is 1.29. The molecule has 0 saturated carbocycles. The summed E-state index contributed by atoms with van der Waals surface area (Å²) >= 11 is 0. The van der Waals surface area contributed by atoms with Crippen LogP contribution in [0.2, 0.25) is 0 Å². The highest BCUT2D eigenvalue weighted by atomic mass is 32.2. The van der Waals surface area contributed by atoms with Crippen molar-refractivity contribution in [3.8, 4) is 0 Å². The molecule has 1 N–H and O–H groups in total. The number of ether oxygens (including phenoxy) is 2. The maximum Gasteiger partial charge on any atom is 0.295 e. The van der Waals surface area contributed by atoms with Crippen LogP contribution in [0.15, 0.2) is 0 Å². The van der Waals surface area contributed by atoms with E-state index in [4.69, 9.17) is 9.29 Å². The van der Waals surface area contributed by atoms with Crippen molar-refractivity contribution in [2.75, 3.05) is 13.2 Å². The molecule has 0 spiro atoms. The van der Waals surface area contributed by atoms with E-state index < -0.39 is 21.7 Å². The van der Waals surface area contributed by atoms with Crippen molar-refractivity contribution in [3.05, 3.63) is 0 Å². The Morgan fingerprint density at radius 1 is 1.82 bits per heavy atom. The minimum Gasteiger partial charge on any atom is -0.369 e. The summed E-state index contributed by atoms with van der Waals surface area (Å²) in [6, 6.07) is 0. The topological polar surface area (TPSA) is 76.1 Å². The fraction of sp³-hybridized carbons (Fsp3) is 1.00. The molecule has 1 aliphatic rings. The van der Waals surface area contributed by atoms with Crippen LogP contribution in [-0.2, 0) is 19.6 Å². The van der Waals surface area contributed by atoms with Gasteiger partial charge in [-0.3, -0.25) is 4.55 Å². The van der Waals surface area contributed by atoms with E-state index in [0.717, 1.165) is 0 Å². The first-order chi connectivity index (χ1) is 5.05. The molecule has 11 heavy (non-hydrogen) atoms. The summed E-state index contributed by atoms with van der Waals surface area (Å²) in [6.45, 7) is 2.23. The lowest BCUT2D eigenvalue weighted by molar-refractivity contribution is 0.0887. The standard InChI is InChI=1S/C5H10O5S/c1-2-9-5(4-3-10-4)11(6,7)8/h4-5H,2-3H2,1H3,(H,6,7,8). The minimum atomic E-state index is -4.11. The van der Waals surface area contributed by atoms with Crippen LogP contribution in [0.1, 0.15) is 6.92 Å². The van der Waals surface area contributed by atoms with Crippen LogP contribution in [0.3, 0.4) is 0 Å². The summed E-state index contributed by atoms with van der Waals surface area (Å²) in [7, 11) is -4.11. The van der Waals surface area contributed by atoms with Gasteiger partial charge in [0.1, 0.15) is 6.10 Å². The molecule has 0 aromatic heterocycles. The van der Waals surface area contributed by atoms with Crippen molar-refractivity contribution in [1.29, 1.82) is 0 Å². The molecule has 0 amide bonds. The van der Waals surface area contributed by atoms with Crippen LogP contribution in [0.4, 0.5) is 0 Å². The molecule has 6 heteroatoms. The smallest absolute Gasteiger partial charge is 0.295 e. The van der Waals surface area contributed by atoms with E-state index in [0.29, 0.717) is 6.61 Å². The van der Waals surface area contributed by atoms with Crippen LogP contribution in [-0.4, -0.2) is 37.7 Å². The molecule has 1 fully saturated rings. The van der Waals surface area contributed by atoms with Gasteiger partial charge in [-0.15, -0.1) is 0 Å². The van der Waals surface area contributed by atoms with E-state index in [2.05, 4.69) is 4.74 Å². The fourth-order valence-electron chi connectivity index (χ4n) is 0.762. The van der Waals surface area contributed by atoms with Gasteiger partial charge in [0.15, 0.2) is 0 Å². The summed E-state index contributed by atoms with van der Waals surface area (Å²) in [5.74, 6) is 0. The zero-order valence-corrected chi connectivity index (χ0v) is 6.87. The van der Waals surface area contributed by atoms with Crippen LogP contribution in [0, 0.1) is 0 Å². The van der Waals surface area contributed by atoms with Crippen molar-refractivity contribution >= 4 is 10.1 Å². The van der Waals surface area contributed by atoms with Crippen molar-refractivity contribution in [3.63, 3.8) is 0 Å². The average molecular weight is 182 g/mol. The van der Waals surface area contributed by atoms with Crippen molar-refractivity contribution in [1.82, 2.24) is 0 Å². The first-order valence-corrected chi connectivity index (χ1v) is 4.75. The van der Waals surface area contributed by atoms with Gasteiger partial charge in [-0.1, -0.05) is 0 Å². The van der Waals surface area contributed by atoms with Gasteiger partial charge in [-0.05, 0) is 6.92 Å². The summed E-state index contributed by atoms with van der Waals surface area (Å²) in [5.41, 5.74) is -1.20. The lowest BCUT2D eigenvalue weighted by Gasteiger charge is -2.09. The lowest BCUT2D eigenvalue weighted by Crippen LogP contribution is -2.29. The maximum absolute atomic E-state index is 10.6. The highest BCUT2D eigenvalue weighted by Gasteiger charge is 2.41. The number of hydrogen-bond donors (Lipinski definition) is 1. The molecule has 1 rings (SSSR count). The van der Waals surface area contributed by atoms with E-state index in [1.165, 1.54) is 0 Å². The first-order valence-electron chi connectivity index (χ1n) is 3.25. The third-order valence-corrected chi connectivity index (χ3v) is 2.31. The summed E-state index contributed by atoms with van der Waals surface area (Å²) < 4.78 is 39.1. The molecular formula is C5H10O5S. The predicted octanol–water partition coefficient (Wildman–Crippen LogP) is -0.364. The molecule has 0 radical (unpaired) electrons. The average Bonchev–Trinajstić information content (AvgIpc) is 2.61. The Balaban J connectivity index is 2.59. The van der Waals surface area contributed by atoms with E-state index in [9.17, 15) is 8.42 Å². The second-order valence-electron chi connectivity index (χ2n) is 2.21. The van der Waals surface area contributed by atoms with Crippen LogP contribution in [0.5, 0.6) is 0 Å². The van der Waals surface area contributed by atoms with Crippen molar-refractivity contribution in [2.45, 2.75) is 18.5 Å². The van der Waals surface area contributed by atoms with Gasteiger partial charge in [-0.25, -0.2) is 0 Å². The lowest BCUT2D eigenvalue weighted by atomic mass is 10.5. The van der Waals surface area contributed by atoms with Gasteiger partial charge in [-0.2, -0.15) is 8.42 Å². The molecule has 0 aromatic rings. The van der Waals surface area contributed by atoms with Crippen LogP contribution < -0.4 is 0 Å². The van der Waals surface area contributed by atoms with Crippen LogP contribution in [0.25, 0.3) is 0 Å².